The normalized spacial score (nSPS) is 32.9. The van der Waals surface area contributed by atoms with E-state index in [-0.39, 0.29) is 34.8 Å². The van der Waals surface area contributed by atoms with Crippen LogP contribution in [-0.4, -0.2) is 40.6 Å². The third-order valence-electron chi connectivity index (χ3n) is 10.3. The average Bonchev–Trinajstić information content (AvgIpc) is 3.21. The van der Waals surface area contributed by atoms with E-state index in [4.69, 9.17) is 0 Å². The van der Waals surface area contributed by atoms with Gasteiger partial charge in [0.25, 0.3) is 0 Å². The lowest BCUT2D eigenvalue weighted by molar-refractivity contribution is -0.228. The van der Waals surface area contributed by atoms with Crippen molar-refractivity contribution in [3.8, 4) is 0 Å². The lowest BCUT2D eigenvalue weighted by Gasteiger charge is -2.57. The fraction of sp³-hybridized carbons (Fsp3) is 0.548. The van der Waals surface area contributed by atoms with Gasteiger partial charge in [-0.15, -0.1) is 0 Å². The number of carbonyl (C=O) groups is 2. The molecule has 1 amide bonds. The zero-order valence-electron chi connectivity index (χ0n) is 21.9. The molecule has 4 aliphatic rings. The minimum absolute atomic E-state index is 0.00268. The average molecular weight is 544 g/mol. The maximum atomic E-state index is 14.9. The number of aliphatic carboxylic acids is 1. The summed E-state index contributed by atoms with van der Waals surface area (Å²) in [5.74, 6) is -1.04. The van der Waals surface area contributed by atoms with Crippen LogP contribution >= 0.6 is 0 Å². The molecule has 1 aliphatic heterocycles. The molecule has 2 aromatic carbocycles. The van der Waals surface area contributed by atoms with Crippen LogP contribution in [-0.2, 0) is 33.5 Å². The highest BCUT2D eigenvalue weighted by Crippen LogP contribution is 2.62. The van der Waals surface area contributed by atoms with E-state index in [2.05, 4.69) is 0 Å². The number of benzene rings is 2. The van der Waals surface area contributed by atoms with Gasteiger partial charge in [0.05, 0.1) is 5.92 Å². The number of likely N-dealkylation sites (tertiary alicyclic amines) is 1. The van der Waals surface area contributed by atoms with Gasteiger partial charge in [0.1, 0.15) is 0 Å². The molecular weight excluding hydrogens is 510 g/mol. The van der Waals surface area contributed by atoms with Crippen molar-refractivity contribution < 1.29 is 32.3 Å². The fourth-order valence-electron chi connectivity index (χ4n) is 8.13. The Morgan fingerprint density at radius 2 is 1.67 bits per heavy atom. The molecule has 3 fully saturated rings. The second-order valence-corrected chi connectivity index (χ2v) is 12.6. The van der Waals surface area contributed by atoms with Crippen molar-refractivity contribution in [2.24, 2.45) is 17.3 Å². The number of hydrogen-bond donors (Lipinski definition) is 1. The molecule has 3 atom stereocenters. The quantitative estimate of drug-likeness (QED) is 0.447. The van der Waals surface area contributed by atoms with Crippen molar-refractivity contribution in [1.82, 2.24) is 4.90 Å². The monoisotopic (exact) mass is 543 g/mol. The molecule has 8 heteroatoms. The van der Waals surface area contributed by atoms with Gasteiger partial charge in [0, 0.05) is 23.9 Å². The van der Waals surface area contributed by atoms with Gasteiger partial charge in [0.15, 0.2) is 0 Å². The van der Waals surface area contributed by atoms with Crippen LogP contribution < -0.4 is 0 Å². The van der Waals surface area contributed by atoms with E-state index in [0.29, 0.717) is 52.0 Å². The van der Waals surface area contributed by atoms with Gasteiger partial charge in [-0.2, -0.15) is 13.2 Å². The first-order chi connectivity index (χ1) is 18.4. The van der Waals surface area contributed by atoms with Gasteiger partial charge < -0.3 is 10.0 Å². The van der Waals surface area contributed by atoms with Crippen LogP contribution in [0.25, 0.3) is 0 Å². The van der Waals surface area contributed by atoms with Crippen molar-refractivity contribution in [3.63, 3.8) is 0 Å². The second-order valence-electron chi connectivity index (χ2n) is 12.6. The van der Waals surface area contributed by atoms with Crippen molar-refractivity contribution >= 4 is 11.9 Å². The Labute approximate surface area is 225 Å². The first-order valence-electron chi connectivity index (χ1n) is 13.8. The molecule has 3 aliphatic carbocycles. The number of hydrogen-bond acceptors (Lipinski definition) is 2. The summed E-state index contributed by atoms with van der Waals surface area (Å²) in [6, 6.07) is 14.2. The molecule has 0 aromatic heterocycles. The Hall–Kier alpha value is -2.90. The van der Waals surface area contributed by atoms with E-state index in [9.17, 15) is 32.3 Å². The topological polar surface area (TPSA) is 57.6 Å². The number of aryl methyl sites for hydroxylation is 1. The third kappa shape index (κ3) is 4.08. The summed E-state index contributed by atoms with van der Waals surface area (Å²) in [6.45, 7) is 1.14. The van der Waals surface area contributed by atoms with Crippen LogP contribution in [0.4, 0.5) is 17.6 Å². The number of nitrogens with zero attached hydrogens (tertiary/aromatic N) is 1. The minimum atomic E-state index is -5.01. The Morgan fingerprint density at radius 3 is 2.31 bits per heavy atom. The number of carboxylic acid groups (broad SMARTS) is 1. The number of amides is 1. The van der Waals surface area contributed by atoms with Crippen LogP contribution in [0.2, 0.25) is 0 Å². The lowest BCUT2D eigenvalue weighted by atomic mass is 9.48. The zero-order chi connectivity index (χ0) is 27.8. The van der Waals surface area contributed by atoms with E-state index in [1.54, 1.807) is 6.07 Å². The van der Waals surface area contributed by atoms with E-state index < -0.39 is 23.2 Å². The molecule has 1 heterocycles. The summed E-state index contributed by atoms with van der Waals surface area (Å²) >= 11 is 0. The van der Waals surface area contributed by atoms with Gasteiger partial charge in [-0.1, -0.05) is 48.5 Å². The van der Waals surface area contributed by atoms with Crippen molar-refractivity contribution in [2.45, 2.75) is 81.6 Å². The first kappa shape index (κ1) is 26.3. The molecular formula is C31H33F4NO3. The van der Waals surface area contributed by atoms with E-state index in [1.807, 2.05) is 35.2 Å². The Bertz CT molecular complexity index is 1290. The van der Waals surface area contributed by atoms with E-state index in [0.717, 1.165) is 29.5 Å². The van der Waals surface area contributed by atoms with Crippen LogP contribution in [0.1, 0.15) is 67.7 Å². The highest BCUT2D eigenvalue weighted by Gasteiger charge is 2.60. The second kappa shape index (κ2) is 8.80. The summed E-state index contributed by atoms with van der Waals surface area (Å²) in [6.07, 6.45) is 0.185. The van der Waals surface area contributed by atoms with Crippen LogP contribution in [0.15, 0.2) is 48.5 Å². The van der Waals surface area contributed by atoms with Crippen molar-refractivity contribution in [3.05, 3.63) is 70.8 Å². The standard InChI is InChI=1S/C31H33F4NO3/c1-28(32,31(33,34)35)23-8-9-24-20(13-23)7-10-25-30(24,14-19-5-3-2-4-6-19)11-12-36(25)26(37)21-15-29(16-21)17-22(18-29)27(38)39/h2-6,8-9,13,21-22,25H,7,10-12,14-18H2,1H3,(H,38,39)/t21?,22?,25-,28?,29?,30-/m1/s1. The van der Waals surface area contributed by atoms with E-state index >= 15 is 0 Å². The van der Waals surface area contributed by atoms with E-state index in [1.165, 1.54) is 12.1 Å². The maximum Gasteiger partial charge on any atom is 0.426 e. The molecule has 0 bridgehead atoms. The molecule has 1 saturated heterocycles. The number of fused-ring (bicyclic) bond motifs is 3. The Balaban J connectivity index is 1.29. The smallest absolute Gasteiger partial charge is 0.426 e. The molecule has 1 unspecified atom stereocenters. The molecule has 2 saturated carbocycles. The molecule has 39 heavy (non-hydrogen) atoms. The molecule has 1 spiro atoms. The van der Waals surface area contributed by atoms with Crippen molar-refractivity contribution in [2.75, 3.05) is 6.54 Å². The highest BCUT2D eigenvalue weighted by molar-refractivity contribution is 5.82. The largest absolute Gasteiger partial charge is 0.481 e. The predicted octanol–water partition coefficient (Wildman–Crippen LogP) is 6.35. The van der Waals surface area contributed by atoms with Gasteiger partial charge >= 0.3 is 12.1 Å². The first-order valence-corrected chi connectivity index (χ1v) is 13.8. The summed E-state index contributed by atoms with van der Waals surface area (Å²) in [5, 5.41) is 9.24. The molecule has 1 N–H and O–H groups in total. The lowest BCUT2D eigenvalue weighted by Crippen LogP contribution is -2.56. The van der Waals surface area contributed by atoms with Gasteiger partial charge in [-0.3, -0.25) is 9.59 Å². The highest BCUT2D eigenvalue weighted by atomic mass is 19.4. The number of halogens is 4. The van der Waals surface area contributed by atoms with Gasteiger partial charge in [0.2, 0.25) is 11.6 Å². The molecule has 0 radical (unpaired) electrons. The summed E-state index contributed by atoms with van der Waals surface area (Å²) in [5.41, 5.74) is -1.53. The molecule has 208 valence electrons. The number of carboxylic acids is 1. The predicted molar refractivity (Wildman–Crippen MR) is 137 cm³/mol. The molecule has 4 nitrogen and oxygen atoms in total. The van der Waals surface area contributed by atoms with Gasteiger partial charge in [-0.25, -0.2) is 4.39 Å². The van der Waals surface area contributed by atoms with Gasteiger partial charge in [-0.05, 0) is 86.0 Å². The zero-order valence-corrected chi connectivity index (χ0v) is 21.9. The molecule has 6 rings (SSSR count). The van der Waals surface area contributed by atoms with Crippen molar-refractivity contribution in [1.29, 1.82) is 0 Å². The van der Waals surface area contributed by atoms with Crippen LogP contribution in [0, 0.1) is 17.3 Å². The maximum absolute atomic E-state index is 14.9. The molecule has 2 aromatic rings. The number of carbonyl (C=O) groups excluding carboxylic acids is 1. The SMILES string of the molecule is CC(F)(c1ccc2c(c1)CC[C@H]1N(C(=O)C3CC4(CC(C(=O)O)C4)C3)CC[C@@]21Cc1ccccc1)C(F)(F)F. The number of alkyl halides is 4. The van der Waals surface area contributed by atoms with Crippen LogP contribution in [0.5, 0.6) is 0 Å². The fourth-order valence-corrected chi connectivity index (χ4v) is 8.13. The van der Waals surface area contributed by atoms with Crippen LogP contribution in [0.3, 0.4) is 0 Å². The Morgan fingerprint density at radius 1 is 1.00 bits per heavy atom. The summed E-state index contributed by atoms with van der Waals surface area (Å²) in [4.78, 5) is 27.0. The number of rotatable bonds is 5. The minimum Gasteiger partial charge on any atom is -0.481 e. The Kier molecular flexibility index (Phi) is 5.94. The summed E-state index contributed by atoms with van der Waals surface area (Å²) < 4.78 is 55.3. The third-order valence-corrected chi connectivity index (χ3v) is 10.3. The summed E-state index contributed by atoms with van der Waals surface area (Å²) in [7, 11) is 0.